The molecule has 6 nitrogen and oxygen atoms in total. The number of aromatic amines is 1. The number of hydrogen-bond donors (Lipinski definition) is 3. The van der Waals surface area contributed by atoms with Gasteiger partial charge in [0.1, 0.15) is 11.6 Å². The third-order valence-electron chi connectivity index (χ3n) is 4.18. The Morgan fingerprint density at radius 1 is 1.26 bits per heavy atom. The van der Waals surface area contributed by atoms with E-state index in [-0.39, 0.29) is 24.4 Å². The summed E-state index contributed by atoms with van der Waals surface area (Å²) < 4.78 is 13.7. The van der Waals surface area contributed by atoms with Crippen molar-refractivity contribution in [2.24, 2.45) is 0 Å². The molecule has 0 aliphatic heterocycles. The summed E-state index contributed by atoms with van der Waals surface area (Å²) in [6.07, 6.45) is 2.53. The van der Waals surface area contributed by atoms with Gasteiger partial charge in [0.2, 0.25) is 0 Å². The zero-order valence-electron chi connectivity index (χ0n) is 15.3. The van der Waals surface area contributed by atoms with Gasteiger partial charge in [-0.2, -0.15) is 0 Å². The molecule has 2 amide bonds. The second-order valence-corrected chi connectivity index (χ2v) is 6.27. The van der Waals surface area contributed by atoms with Crippen LogP contribution in [0.4, 0.5) is 9.18 Å². The van der Waals surface area contributed by atoms with Gasteiger partial charge in [-0.1, -0.05) is 25.1 Å². The summed E-state index contributed by atoms with van der Waals surface area (Å²) >= 11 is 0. The van der Waals surface area contributed by atoms with Crippen molar-refractivity contribution >= 4 is 6.03 Å². The standard InChI is InChI=1S/C20H22FN5O/c1-3-13(2)24-20(27)23-12-17-25-18(14-7-6-8-15(21)11-14)19(26-17)16-9-4-5-10-22-16/h4-11,13H,3,12H2,1-2H3,(H,25,26)(H2,23,24,27)/t13-/m1/s1. The Morgan fingerprint density at radius 3 is 2.81 bits per heavy atom. The minimum atomic E-state index is -0.338. The monoisotopic (exact) mass is 367 g/mol. The molecular weight excluding hydrogens is 345 g/mol. The second kappa shape index (κ2) is 8.44. The first kappa shape index (κ1) is 18.6. The van der Waals surface area contributed by atoms with Crippen LogP contribution in [-0.4, -0.2) is 27.0 Å². The minimum Gasteiger partial charge on any atom is -0.339 e. The van der Waals surface area contributed by atoms with Crippen LogP contribution in [0.5, 0.6) is 0 Å². The summed E-state index contributed by atoms with van der Waals surface area (Å²) in [5.74, 6) is 0.226. The van der Waals surface area contributed by atoms with Crippen molar-refractivity contribution in [3.63, 3.8) is 0 Å². The van der Waals surface area contributed by atoms with Crippen molar-refractivity contribution in [2.75, 3.05) is 0 Å². The van der Waals surface area contributed by atoms with Gasteiger partial charge >= 0.3 is 6.03 Å². The summed E-state index contributed by atoms with van der Waals surface area (Å²) in [5, 5.41) is 5.62. The molecule has 0 bridgehead atoms. The zero-order chi connectivity index (χ0) is 19.2. The van der Waals surface area contributed by atoms with Crippen LogP contribution in [0.25, 0.3) is 22.6 Å². The van der Waals surface area contributed by atoms with Gasteiger partial charge in [-0.3, -0.25) is 4.98 Å². The van der Waals surface area contributed by atoms with Gasteiger partial charge in [0.15, 0.2) is 0 Å². The summed E-state index contributed by atoms with van der Waals surface area (Å²) in [5.41, 5.74) is 2.61. The van der Waals surface area contributed by atoms with Gasteiger partial charge in [0, 0.05) is 17.8 Å². The van der Waals surface area contributed by atoms with E-state index in [1.807, 2.05) is 32.0 Å². The molecule has 1 aromatic carbocycles. The Morgan fingerprint density at radius 2 is 2.11 bits per heavy atom. The Kier molecular flexibility index (Phi) is 5.80. The molecule has 27 heavy (non-hydrogen) atoms. The second-order valence-electron chi connectivity index (χ2n) is 6.27. The van der Waals surface area contributed by atoms with Crippen molar-refractivity contribution < 1.29 is 9.18 Å². The smallest absolute Gasteiger partial charge is 0.315 e. The molecule has 3 N–H and O–H groups in total. The van der Waals surface area contributed by atoms with E-state index in [2.05, 4.69) is 25.6 Å². The van der Waals surface area contributed by atoms with Crippen molar-refractivity contribution in [1.82, 2.24) is 25.6 Å². The lowest BCUT2D eigenvalue weighted by Gasteiger charge is -2.11. The van der Waals surface area contributed by atoms with Gasteiger partial charge in [-0.15, -0.1) is 0 Å². The lowest BCUT2D eigenvalue weighted by molar-refractivity contribution is 0.237. The molecule has 0 aliphatic rings. The average molecular weight is 367 g/mol. The fourth-order valence-electron chi connectivity index (χ4n) is 2.59. The molecule has 0 saturated carbocycles. The van der Waals surface area contributed by atoms with E-state index in [4.69, 9.17) is 0 Å². The van der Waals surface area contributed by atoms with Crippen LogP contribution in [0.15, 0.2) is 48.7 Å². The maximum absolute atomic E-state index is 13.7. The van der Waals surface area contributed by atoms with E-state index in [9.17, 15) is 9.18 Å². The van der Waals surface area contributed by atoms with Crippen LogP contribution in [0.2, 0.25) is 0 Å². The van der Waals surface area contributed by atoms with E-state index in [1.54, 1.807) is 18.3 Å². The van der Waals surface area contributed by atoms with Crippen molar-refractivity contribution in [3.05, 3.63) is 60.3 Å². The number of H-pyrrole nitrogens is 1. The van der Waals surface area contributed by atoms with Gasteiger partial charge in [-0.25, -0.2) is 14.2 Å². The summed E-state index contributed by atoms with van der Waals surface area (Å²) in [4.78, 5) is 24.1. The number of rotatable bonds is 6. The fourth-order valence-corrected chi connectivity index (χ4v) is 2.59. The number of hydrogen-bond acceptors (Lipinski definition) is 3. The number of imidazole rings is 1. The summed E-state index contributed by atoms with van der Waals surface area (Å²) in [6.45, 7) is 4.16. The molecule has 0 aliphatic carbocycles. The largest absolute Gasteiger partial charge is 0.339 e. The molecule has 2 aromatic heterocycles. The molecular formula is C20H22FN5O. The third-order valence-corrected chi connectivity index (χ3v) is 4.18. The van der Waals surface area contributed by atoms with E-state index in [1.165, 1.54) is 12.1 Å². The number of pyridine rings is 1. The summed E-state index contributed by atoms with van der Waals surface area (Å²) in [7, 11) is 0. The molecule has 1 atom stereocenters. The molecule has 2 heterocycles. The Bertz CT molecular complexity index is 910. The predicted molar refractivity (Wildman–Crippen MR) is 102 cm³/mol. The van der Waals surface area contributed by atoms with E-state index in [0.29, 0.717) is 28.5 Å². The van der Waals surface area contributed by atoms with Gasteiger partial charge in [-0.05, 0) is 37.6 Å². The van der Waals surface area contributed by atoms with Crippen LogP contribution in [0.1, 0.15) is 26.1 Å². The van der Waals surface area contributed by atoms with Crippen molar-refractivity contribution in [3.8, 4) is 22.6 Å². The molecule has 0 radical (unpaired) electrons. The van der Waals surface area contributed by atoms with Crippen LogP contribution in [0, 0.1) is 5.82 Å². The molecule has 140 valence electrons. The summed E-state index contributed by atoms with van der Waals surface area (Å²) in [6, 6.07) is 11.6. The molecule has 3 aromatic rings. The zero-order valence-corrected chi connectivity index (χ0v) is 15.3. The van der Waals surface area contributed by atoms with E-state index in [0.717, 1.165) is 6.42 Å². The Balaban J connectivity index is 1.87. The number of carbonyl (C=O) groups is 1. The number of urea groups is 1. The van der Waals surface area contributed by atoms with Crippen LogP contribution < -0.4 is 10.6 Å². The highest BCUT2D eigenvalue weighted by Crippen LogP contribution is 2.29. The first-order valence-corrected chi connectivity index (χ1v) is 8.87. The van der Waals surface area contributed by atoms with Gasteiger partial charge in [0.25, 0.3) is 0 Å². The van der Waals surface area contributed by atoms with Gasteiger partial charge < -0.3 is 15.6 Å². The first-order chi connectivity index (χ1) is 13.1. The lowest BCUT2D eigenvalue weighted by atomic mass is 10.1. The highest BCUT2D eigenvalue weighted by atomic mass is 19.1. The number of aromatic nitrogens is 3. The highest BCUT2D eigenvalue weighted by molar-refractivity contribution is 5.77. The SMILES string of the molecule is CC[C@@H](C)NC(=O)NCc1nc(-c2cccc(F)c2)c(-c2ccccn2)[nH]1. The van der Waals surface area contributed by atoms with E-state index >= 15 is 0 Å². The molecule has 0 saturated heterocycles. The minimum absolute atomic E-state index is 0.0912. The maximum Gasteiger partial charge on any atom is 0.315 e. The molecule has 0 fully saturated rings. The number of benzene rings is 1. The highest BCUT2D eigenvalue weighted by Gasteiger charge is 2.16. The number of carbonyl (C=O) groups excluding carboxylic acids is 1. The van der Waals surface area contributed by atoms with E-state index < -0.39 is 0 Å². The lowest BCUT2D eigenvalue weighted by Crippen LogP contribution is -2.40. The molecule has 0 unspecified atom stereocenters. The molecule has 7 heteroatoms. The maximum atomic E-state index is 13.7. The van der Waals surface area contributed by atoms with Crippen molar-refractivity contribution in [1.29, 1.82) is 0 Å². The van der Waals surface area contributed by atoms with Crippen molar-refractivity contribution in [2.45, 2.75) is 32.9 Å². The van der Waals surface area contributed by atoms with Crippen LogP contribution in [-0.2, 0) is 6.54 Å². The number of halogens is 1. The Labute approximate surface area is 157 Å². The normalized spacial score (nSPS) is 11.8. The average Bonchev–Trinajstić information content (AvgIpc) is 3.11. The quantitative estimate of drug-likeness (QED) is 0.618. The topological polar surface area (TPSA) is 82.7 Å². The predicted octanol–water partition coefficient (Wildman–Crippen LogP) is 3.88. The van der Waals surface area contributed by atoms with Crippen LogP contribution >= 0.6 is 0 Å². The van der Waals surface area contributed by atoms with Gasteiger partial charge in [0.05, 0.1) is 23.6 Å². The number of amides is 2. The third kappa shape index (κ3) is 4.69. The first-order valence-electron chi connectivity index (χ1n) is 8.87. The number of nitrogens with zero attached hydrogens (tertiary/aromatic N) is 2. The molecule has 0 spiro atoms. The van der Waals surface area contributed by atoms with Crippen LogP contribution in [0.3, 0.4) is 0 Å². The Hall–Kier alpha value is -3.22. The fraction of sp³-hybridized carbons (Fsp3) is 0.250. The number of nitrogens with one attached hydrogen (secondary N) is 3. The molecule has 3 rings (SSSR count).